The third-order valence-electron chi connectivity index (χ3n) is 5.13. The van der Waals surface area contributed by atoms with Crippen LogP contribution in [0.1, 0.15) is 44.6 Å². The van der Waals surface area contributed by atoms with Crippen molar-refractivity contribution in [3.05, 3.63) is 29.8 Å². The molecule has 0 bridgehead atoms. The summed E-state index contributed by atoms with van der Waals surface area (Å²) >= 11 is 0. The van der Waals surface area contributed by atoms with Gasteiger partial charge in [-0.1, -0.05) is 31.0 Å². The lowest BCUT2D eigenvalue weighted by atomic mass is 9.85. The second kappa shape index (κ2) is 6.21. The Bertz CT molecular complexity index is 567. The van der Waals surface area contributed by atoms with Gasteiger partial charge in [-0.15, -0.1) is 0 Å². The third-order valence-corrected chi connectivity index (χ3v) is 5.13. The van der Waals surface area contributed by atoms with Gasteiger partial charge in [0.2, 0.25) is 5.91 Å². The Kier molecular flexibility index (Phi) is 4.30. The van der Waals surface area contributed by atoms with Gasteiger partial charge in [-0.25, -0.2) is 4.90 Å². The molecule has 2 N–H and O–H groups in total. The average molecular weight is 301 g/mol. The molecule has 1 saturated heterocycles. The molecule has 2 amide bonds. The molecule has 3 atom stereocenters. The maximum Gasteiger partial charge on any atom is 0.292 e. The summed E-state index contributed by atoms with van der Waals surface area (Å²) in [7, 11) is 0. The lowest BCUT2D eigenvalue weighted by Crippen LogP contribution is -2.97. The van der Waals surface area contributed by atoms with Crippen LogP contribution in [0.5, 0.6) is 0 Å². The summed E-state index contributed by atoms with van der Waals surface area (Å²) in [5.41, 5.74) is 1.83. The highest BCUT2D eigenvalue weighted by Crippen LogP contribution is 2.24. The molecule has 2 aliphatic rings. The molecule has 4 nitrogen and oxygen atoms in total. The molecule has 0 aromatic heterocycles. The van der Waals surface area contributed by atoms with Crippen LogP contribution < -0.4 is 10.2 Å². The molecule has 0 spiro atoms. The second-order valence-corrected chi connectivity index (χ2v) is 6.83. The van der Waals surface area contributed by atoms with Crippen molar-refractivity contribution < 1.29 is 14.9 Å². The van der Waals surface area contributed by atoms with E-state index in [2.05, 4.69) is 12.2 Å². The highest BCUT2D eigenvalue weighted by atomic mass is 16.2. The SMILES string of the molecule is Cc1ccc(N2C(=O)CC([NH2+]C3CCCCC3C)C2=O)cc1. The Morgan fingerprint density at radius 2 is 1.77 bits per heavy atom. The van der Waals surface area contributed by atoms with Crippen molar-refractivity contribution in [2.45, 2.75) is 58.0 Å². The van der Waals surface area contributed by atoms with E-state index in [0.717, 1.165) is 12.0 Å². The van der Waals surface area contributed by atoms with Crippen LogP contribution in [0.4, 0.5) is 5.69 Å². The number of aryl methyl sites for hydroxylation is 1. The summed E-state index contributed by atoms with van der Waals surface area (Å²) < 4.78 is 0. The van der Waals surface area contributed by atoms with Crippen LogP contribution in [-0.4, -0.2) is 23.9 Å². The Balaban J connectivity index is 1.72. The van der Waals surface area contributed by atoms with Crippen molar-refractivity contribution >= 4 is 17.5 Å². The van der Waals surface area contributed by atoms with Crippen molar-refractivity contribution in [1.82, 2.24) is 0 Å². The molecular weight excluding hydrogens is 276 g/mol. The maximum absolute atomic E-state index is 12.7. The monoisotopic (exact) mass is 301 g/mol. The molecule has 2 fully saturated rings. The minimum absolute atomic E-state index is 0.0494. The van der Waals surface area contributed by atoms with Gasteiger partial charge in [0, 0.05) is 5.92 Å². The first kappa shape index (κ1) is 15.2. The number of rotatable bonds is 3. The molecular formula is C18H25N2O2+. The summed E-state index contributed by atoms with van der Waals surface area (Å²) in [6.07, 6.45) is 5.25. The zero-order valence-electron chi connectivity index (χ0n) is 13.4. The normalized spacial score (nSPS) is 29.2. The summed E-state index contributed by atoms with van der Waals surface area (Å²) in [6.45, 7) is 4.26. The molecule has 118 valence electrons. The lowest BCUT2D eigenvalue weighted by molar-refractivity contribution is -0.715. The summed E-state index contributed by atoms with van der Waals surface area (Å²) in [6, 6.07) is 7.84. The minimum atomic E-state index is -0.237. The molecule has 22 heavy (non-hydrogen) atoms. The van der Waals surface area contributed by atoms with Crippen molar-refractivity contribution in [2.75, 3.05) is 4.90 Å². The van der Waals surface area contributed by atoms with Gasteiger partial charge in [0.15, 0.2) is 6.04 Å². The van der Waals surface area contributed by atoms with Crippen molar-refractivity contribution in [3.63, 3.8) is 0 Å². The number of hydrogen-bond acceptors (Lipinski definition) is 2. The van der Waals surface area contributed by atoms with Crippen LogP contribution in [0.15, 0.2) is 24.3 Å². The zero-order chi connectivity index (χ0) is 15.7. The number of anilines is 1. The van der Waals surface area contributed by atoms with E-state index < -0.39 is 0 Å². The van der Waals surface area contributed by atoms with Gasteiger partial charge in [0.05, 0.1) is 18.2 Å². The molecule has 1 aromatic carbocycles. The Morgan fingerprint density at radius 1 is 1.09 bits per heavy atom. The van der Waals surface area contributed by atoms with E-state index in [1.807, 2.05) is 31.2 Å². The highest BCUT2D eigenvalue weighted by molar-refractivity contribution is 6.21. The van der Waals surface area contributed by atoms with Crippen LogP contribution >= 0.6 is 0 Å². The highest BCUT2D eigenvalue weighted by Gasteiger charge is 2.44. The first-order chi connectivity index (χ1) is 10.6. The van der Waals surface area contributed by atoms with E-state index in [4.69, 9.17) is 0 Å². The standard InChI is InChI=1S/C18H24N2O2/c1-12-7-9-14(10-8-12)20-17(21)11-16(18(20)22)19-15-6-4-3-5-13(15)2/h7-10,13,15-16,19H,3-6,11H2,1-2H3/p+1. The van der Waals surface area contributed by atoms with Gasteiger partial charge in [0.1, 0.15) is 0 Å². The Morgan fingerprint density at radius 3 is 2.45 bits per heavy atom. The van der Waals surface area contributed by atoms with E-state index in [1.165, 1.54) is 24.2 Å². The number of imide groups is 1. The second-order valence-electron chi connectivity index (χ2n) is 6.83. The van der Waals surface area contributed by atoms with E-state index in [9.17, 15) is 9.59 Å². The zero-order valence-corrected chi connectivity index (χ0v) is 13.4. The molecule has 3 unspecified atom stereocenters. The van der Waals surface area contributed by atoms with Gasteiger partial charge in [0.25, 0.3) is 5.91 Å². The predicted octanol–water partition coefficient (Wildman–Crippen LogP) is 1.77. The molecule has 1 aliphatic heterocycles. The predicted molar refractivity (Wildman–Crippen MR) is 85.4 cm³/mol. The van der Waals surface area contributed by atoms with Gasteiger partial charge >= 0.3 is 0 Å². The molecule has 3 rings (SSSR count). The number of nitrogens with two attached hydrogens (primary N) is 1. The van der Waals surface area contributed by atoms with Gasteiger partial charge < -0.3 is 5.32 Å². The van der Waals surface area contributed by atoms with Crippen molar-refractivity contribution in [1.29, 1.82) is 0 Å². The van der Waals surface area contributed by atoms with Gasteiger partial charge in [-0.3, -0.25) is 9.59 Å². The Hall–Kier alpha value is -1.68. The maximum atomic E-state index is 12.7. The minimum Gasteiger partial charge on any atom is -0.333 e. The van der Waals surface area contributed by atoms with Crippen molar-refractivity contribution in [3.8, 4) is 0 Å². The number of carbonyl (C=O) groups is 2. The summed E-state index contributed by atoms with van der Waals surface area (Å²) in [4.78, 5) is 26.3. The smallest absolute Gasteiger partial charge is 0.292 e. The molecule has 1 heterocycles. The van der Waals surface area contributed by atoms with E-state index in [-0.39, 0.29) is 17.9 Å². The number of quaternary nitrogens is 1. The fourth-order valence-electron chi connectivity index (χ4n) is 3.70. The molecule has 4 heteroatoms. The number of amides is 2. The third kappa shape index (κ3) is 2.93. The van der Waals surface area contributed by atoms with Crippen molar-refractivity contribution in [2.24, 2.45) is 5.92 Å². The van der Waals surface area contributed by atoms with Crippen LogP contribution in [0, 0.1) is 12.8 Å². The van der Waals surface area contributed by atoms with Crippen LogP contribution in [0.25, 0.3) is 0 Å². The fourth-order valence-corrected chi connectivity index (χ4v) is 3.70. The number of carbonyl (C=O) groups excluding carboxylic acids is 2. The lowest BCUT2D eigenvalue weighted by Gasteiger charge is -2.28. The molecule has 1 aliphatic carbocycles. The summed E-state index contributed by atoms with van der Waals surface area (Å²) in [5, 5.41) is 2.16. The van der Waals surface area contributed by atoms with Gasteiger partial charge in [-0.05, 0) is 38.3 Å². The molecule has 1 aromatic rings. The molecule has 1 saturated carbocycles. The van der Waals surface area contributed by atoms with Crippen LogP contribution in [0.2, 0.25) is 0 Å². The first-order valence-electron chi connectivity index (χ1n) is 8.34. The van der Waals surface area contributed by atoms with E-state index >= 15 is 0 Å². The van der Waals surface area contributed by atoms with Crippen LogP contribution in [0.3, 0.4) is 0 Å². The number of hydrogen-bond donors (Lipinski definition) is 1. The quantitative estimate of drug-likeness (QED) is 0.865. The van der Waals surface area contributed by atoms with E-state index in [1.54, 1.807) is 0 Å². The topological polar surface area (TPSA) is 54.0 Å². The Labute approximate surface area is 131 Å². The number of nitrogens with zero attached hydrogens (tertiary/aromatic N) is 1. The van der Waals surface area contributed by atoms with Crippen LogP contribution in [-0.2, 0) is 9.59 Å². The summed E-state index contributed by atoms with van der Waals surface area (Å²) in [5.74, 6) is 0.510. The largest absolute Gasteiger partial charge is 0.333 e. The van der Waals surface area contributed by atoms with Gasteiger partial charge in [-0.2, -0.15) is 0 Å². The fraction of sp³-hybridized carbons (Fsp3) is 0.556. The van der Waals surface area contributed by atoms with E-state index in [0.29, 0.717) is 24.1 Å². The number of benzene rings is 1. The average Bonchev–Trinajstić information content (AvgIpc) is 2.77. The first-order valence-corrected chi connectivity index (χ1v) is 8.34. The molecule has 0 radical (unpaired) electrons.